The first-order valence-corrected chi connectivity index (χ1v) is 9.17. The predicted octanol–water partition coefficient (Wildman–Crippen LogP) is 3.72. The maximum atomic E-state index is 11.0. The highest BCUT2D eigenvalue weighted by Gasteiger charge is 2.25. The van der Waals surface area contributed by atoms with Crippen molar-refractivity contribution in [2.24, 2.45) is 5.92 Å². The van der Waals surface area contributed by atoms with E-state index in [9.17, 15) is 4.79 Å². The molecule has 2 heterocycles. The average molecular weight is 364 g/mol. The second-order valence-corrected chi connectivity index (χ2v) is 7.18. The Bertz CT molecular complexity index is 686. The van der Waals surface area contributed by atoms with Gasteiger partial charge in [-0.15, -0.1) is 10.2 Å². The summed E-state index contributed by atoms with van der Waals surface area (Å²) in [6.07, 6.45) is 1.31. The summed E-state index contributed by atoms with van der Waals surface area (Å²) in [5.74, 6) is 0.697. The van der Waals surface area contributed by atoms with Gasteiger partial charge in [0.15, 0.2) is 5.82 Å². The fraction of sp³-hybridized carbons (Fsp3) is 0.353. The number of aliphatic carboxylic acids is 1. The quantitative estimate of drug-likeness (QED) is 0.816. The van der Waals surface area contributed by atoms with Gasteiger partial charge >= 0.3 is 5.97 Å². The smallest absolute Gasteiger partial charge is 0.306 e. The Morgan fingerprint density at radius 3 is 2.46 bits per heavy atom. The van der Waals surface area contributed by atoms with E-state index >= 15 is 0 Å². The second-order valence-electron chi connectivity index (χ2n) is 5.74. The summed E-state index contributed by atoms with van der Waals surface area (Å²) in [5.41, 5.74) is 1.19. The molecule has 1 fully saturated rings. The molecule has 0 saturated carbocycles. The fourth-order valence-corrected chi connectivity index (χ4v) is 3.55. The number of rotatable bonds is 5. The minimum Gasteiger partial charge on any atom is -0.481 e. The van der Waals surface area contributed by atoms with Gasteiger partial charge in [0.25, 0.3) is 0 Å². The molecule has 1 aromatic carbocycles. The van der Waals surface area contributed by atoms with Crippen molar-refractivity contribution < 1.29 is 9.90 Å². The number of anilines is 1. The zero-order valence-corrected chi connectivity index (χ0v) is 14.6. The molecular formula is C17H18ClN3O2S. The molecule has 0 amide bonds. The van der Waals surface area contributed by atoms with Crippen LogP contribution in [0.25, 0.3) is 0 Å². The number of benzene rings is 1. The Morgan fingerprint density at radius 1 is 1.17 bits per heavy atom. The summed E-state index contributed by atoms with van der Waals surface area (Å²) in [6, 6.07) is 11.7. The topological polar surface area (TPSA) is 66.3 Å². The zero-order valence-electron chi connectivity index (χ0n) is 13.1. The Hall–Kier alpha value is -1.79. The number of thioether (sulfide) groups is 1. The van der Waals surface area contributed by atoms with Crippen molar-refractivity contribution in [3.05, 3.63) is 47.0 Å². The molecule has 126 valence electrons. The highest BCUT2D eigenvalue weighted by molar-refractivity contribution is 7.98. The molecule has 0 atom stereocenters. The number of nitrogens with zero attached hydrogens (tertiary/aromatic N) is 3. The van der Waals surface area contributed by atoms with E-state index in [4.69, 9.17) is 16.7 Å². The van der Waals surface area contributed by atoms with Crippen molar-refractivity contribution in [3.8, 4) is 0 Å². The fourth-order valence-electron chi connectivity index (χ4n) is 2.65. The minimum absolute atomic E-state index is 0.233. The lowest BCUT2D eigenvalue weighted by Crippen LogP contribution is -2.36. The molecule has 7 heteroatoms. The van der Waals surface area contributed by atoms with E-state index in [0.29, 0.717) is 25.9 Å². The Labute approximate surface area is 150 Å². The molecule has 24 heavy (non-hydrogen) atoms. The van der Waals surface area contributed by atoms with Crippen LogP contribution in [0.15, 0.2) is 41.4 Å². The number of carboxylic acid groups (broad SMARTS) is 1. The monoisotopic (exact) mass is 363 g/mol. The number of hydrogen-bond acceptors (Lipinski definition) is 5. The molecule has 0 bridgehead atoms. The normalized spacial score (nSPS) is 15.5. The van der Waals surface area contributed by atoms with Gasteiger partial charge in [-0.1, -0.05) is 35.5 Å². The third-order valence-corrected chi connectivity index (χ3v) is 5.34. The largest absolute Gasteiger partial charge is 0.481 e. The summed E-state index contributed by atoms with van der Waals surface area (Å²) in [4.78, 5) is 13.1. The van der Waals surface area contributed by atoms with Crippen molar-refractivity contribution in [1.29, 1.82) is 0 Å². The van der Waals surface area contributed by atoms with E-state index < -0.39 is 5.97 Å². The van der Waals surface area contributed by atoms with Crippen molar-refractivity contribution in [2.75, 3.05) is 18.0 Å². The molecule has 0 spiro atoms. The first kappa shape index (κ1) is 17.0. The van der Waals surface area contributed by atoms with Gasteiger partial charge in [-0.25, -0.2) is 0 Å². The molecule has 0 radical (unpaired) electrons. The molecule has 1 N–H and O–H groups in total. The van der Waals surface area contributed by atoms with Gasteiger partial charge in [0.05, 0.1) is 5.92 Å². The molecule has 0 aliphatic carbocycles. The number of piperidine rings is 1. The summed E-state index contributed by atoms with van der Waals surface area (Å²) in [6.45, 7) is 1.42. The van der Waals surface area contributed by atoms with Crippen LogP contribution >= 0.6 is 23.4 Å². The third-order valence-electron chi connectivity index (χ3n) is 4.09. The van der Waals surface area contributed by atoms with Gasteiger partial charge in [-0.2, -0.15) is 0 Å². The van der Waals surface area contributed by atoms with Crippen LogP contribution in [-0.4, -0.2) is 34.4 Å². The van der Waals surface area contributed by atoms with Crippen molar-refractivity contribution in [2.45, 2.75) is 23.6 Å². The van der Waals surface area contributed by atoms with Crippen LogP contribution in [0, 0.1) is 5.92 Å². The van der Waals surface area contributed by atoms with E-state index in [0.717, 1.165) is 21.6 Å². The molecule has 3 rings (SSSR count). The third kappa shape index (κ3) is 4.39. The maximum absolute atomic E-state index is 11.0. The number of carbonyl (C=O) groups is 1. The summed E-state index contributed by atoms with van der Waals surface area (Å²) in [5, 5.41) is 19.2. The molecule has 1 aliphatic rings. The number of aromatic nitrogens is 2. The van der Waals surface area contributed by atoms with Gasteiger partial charge < -0.3 is 10.0 Å². The van der Waals surface area contributed by atoms with Crippen LogP contribution in [0.2, 0.25) is 5.02 Å². The van der Waals surface area contributed by atoms with E-state index in [1.165, 1.54) is 5.56 Å². The lowest BCUT2D eigenvalue weighted by Gasteiger charge is -2.30. The Morgan fingerprint density at radius 2 is 1.88 bits per heavy atom. The lowest BCUT2D eigenvalue weighted by atomic mass is 9.97. The standard InChI is InChI=1S/C17H18ClN3O2S/c18-14-3-1-12(2-4-14)11-24-16-6-5-15(19-20-16)21-9-7-13(8-10-21)17(22)23/h1-6,13H,7-11H2,(H,22,23). The summed E-state index contributed by atoms with van der Waals surface area (Å²) in [7, 11) is 0. The van der Waals surface area contributed by atoms with E-state index in [1.54, 1.807) is 11.8 Å². The zero-order chi connectivity index (χ0) is 16.9. The second kappa shape index (κ2) is 7.85. The van der Waals surface area contributed by atoms with Gasteiger partial charge in [0, 0.05) is 23.9 Å². The molecular weight excluding hydrogens is 346 g/mol. The summed E-state index contributed by atoms with van der Waals surface area (Å²) >= 11 is 7.51. The van der Waals surface area contributed by atoms with E-state index in [1.807, 2.05) is 36.4 Å². The predicted molar refractivity (Wildman–Crippen MR) is 95.6 cm³/mol. The van der Waals surface area contributed by atoms with Crippen LogP contribution in [0.3, 0.4) is 0 Å². The van der Waals surface area contributed by atoms with Gasteiger partial charge in [-0.05, 0) is 42.7 Å². The van der Waals surface area contributed by atoms with Crippen LogP contribution in [0.5, 0.6) is 0 Å². The van der Waals surface area contributed by atoms with Gasteiger partial charge in [0.1, 0.15) is 5.03 Å². The molecule has 0 unspecified atom stereocenters. The van der Waals surface area contributed by atoms with Crippen LogP contribution in [0.1, 0.15) is 18.4 Å². The number of halogens is 1. The van der Waals surface area contributed by atoms with Gasteiger partial charge in [0.2, 0.25) is 0 Å². The van der Waals surface area contributed by atoms with Crippen LogP contribution < -0.4 is 4.90 Å². The number of carboxylic acids is 1. The van der Waals surface area contributed by atoms with Crippen molar-refractivity contribution >= 4 is 35.1 Å². The van der Waals surface area contributed by atoms with E-state index in [2.05, 4.69) is 15.1 Å². The summed E-state index contributed by atoms with van der Waals surface area (Å²) < 4.78 is 0. The van der Waals surface area contributed by atoms with E-state index in [-0.39, 0.29) is 5.92 Å². The van der Waals surface area contributed by atoms with Gasteiger partial charge in [-0.3, -0.25) is 4.79 Å². The first-order valence-electron chi connectivity index (χ1n) is 7.80. The molecule has 2 aromatic rings. The SMILES string of the molecule is O=C(O)C1CCN(c2ccc(SCc3ccc(Cl)cc3)nn2)CC1. The highest BCUT2D eigenvalue weighted by Crippen LogP contribution is 2.25. The average Bonchev–Trinajstić information content (AvgIpc) is 2.62. The molecule has 1 saturated heterocycles. The highest BCUT2D eigenvalue weighted by atomic mass is 35.5. The first-order chi connectivity index (χ1) is 11.6. The minimum atomic E-state index is -0.699. The van der Waals surface area contributed by atoms with Crippen molar-refractivity contribution in [3.63, 3.8) is 0 Å². The Balaban J connectivity index is 1.54. The molecule has 1 aromatic heterocycles. The maximum Gasteiger partial charge on any atom is 0.306 e. The Kier molecular flexibility index (Phi) is 5.58. The molecule has 1 aliphatic heterocycles. The van der Waals surface area contributed by atoms with Crippen LogP contribution in [-0.2, 0) is 10.5 Å². The lowest BCUT2D eigenvalue weighted by molar-refractivity contribution is -0.142. The number of hydrogen-bond donors (Lipinski definition) is 1. The molecule has 5 nitrogen and oxygen atoms in total. The van der Waals surface area contributed by atoms with Crippen LogP contribution in [0.4, 0.5) is 5.82 Å². The van der Waals surface area contributed by atoms with Crippen molar-refractivity contribution in [1.82, 2.24) is 10.2 Å².